The van der Waals surface area contributed by atoms with Gasteiger partial charge in [0.05, 0.1) is 22.3 Å². The average Bonchev–Trinajstić information content (AvgIpc) is 2.65. The lowest BCUT2D eigenvalue weighted by Gasteiger charge is -2.31. The van der Waals surface area contributed by atoms with Crippen LogP contribution in [0.4, 0.5) is 10.1 Å². The van der Waals surface area contributed by atoms with Crippen LogP contribution in [0.25, 0.3) is 0 Å². The molecule has 0 aliphatic carbocycles. The normalized spacial score (nSPS) is 18.3. The molecule has 0 saturated carbocycles. The summed E-state index contributed by atoms with van der Waals surface area (Å²) < 4.78 is 45.5. The fraction of sp³-hybridized carbons (Fsp3) is 0.235. The number of amides is 1. The van der Waals surface area contributed by atoms with Crippen LogP contribution in [-0.4, -0.2) is 44.4 Å². The number of sulfonamides is 1. The van der Waals surface area contributed by atoms with Gasteiger partial charge in [0.15, 0.2) is 0 Å². The summed E-state index contributed by atoms with van der Waals surface area (Å²) >= 11 is 11.9. The molecule has 10 heteroatoms. The molecule has 6 nitrogen and oxygen atoms in total. The van der Waals surface area contributed by atoms with Gasteiger partial charge in [-0.25, -0.2) is 12.8 Å². The molecule has 144 valence electrons. The summed E-state index contributed by atoms with van der Waals surface area (Å²) in [7, 11) is -3.89. The van der Waals surface area contributed by atoms with Gasteiger partial charge in [0, 0.05) is 13.1 Å². The van der Waals surface area contributed by atoms with Crippen molar-refractivity contribution in [2.75, 3.05) is 25.0 Å². The van der Waals surface area contributed by atoms with Gasteiger partial charge in [0.1, 0.15) is 16.8 Å². The van der Waals surface area contributed by atoms with Crippen molar-refractivity contribution in [2.24, 2.45) is 0 Å². The van der Waals surface area contributed by atoms with E-state index in [0.717, 1.165) is 16.4 Å². The number of halogens is 3. The number of nitrogens with zero attached hydrogens (tertiary/aromatic N) is 1. The number of hydrogen-bond acceptors (Lipinski definition) is 4. The fourth-order valence-electron chi connectivity index (χ4n) is 2.60. The molecule has 1 N–H and O–H groups in total. The Morgan fingerprint density at radius 3 is 2.67 bits per heavy atom. The smallest absolute Gasteiger partial charge is 0.254 e. The van der Waals surface area contributed by atoms with Crippen molar-refractivity contribution in [1.82, 2.24) is 4.31 Å². The van der Waals surface area contributed by atoms with E-state index in [2.05, 4.69) is 5.32 Å². The van der Waals surface area contributed by atoms with Crippen molar-refractivity contribution in [3.8, 4) is 0 Å². The van der Waals surface area contributed by atoms with Gasteiger partial charge in [-0.15, -0.1) is 0 Å². The van der Waals surface area contributed by atoms with Crippen LogP contribution >= 0.6 is 23.2 Å². The van der Waals surface area contributed by atoms with Crippen LogP contribution in [0.15, 0.2) is 47.4 Å². The summed E-state index contributed by atoms with van der Waals surface area (Å²) in [4.78, 5) is 12.4. The number of hydrogen-bond donors (Lipinski definition) is 1. The fourth-order valence-corrected chi connectivity index (χ4v) is 4.68. The molecule has 0 spiro atoms. The van der Waals surface area contributed by atoms with Crippen LogP contribution in [0.1, 0.15) is 0 Å². The quantitative estimate of drug-likeness (QED) is 0.804. The predicted octanol–water partition coefficient (Wildman–Crippen LogP) is 3.16. The van der Waals surface area contributed by atoms with Crippen molar-refractivity contribution >= 4 is 44.8 Å². The highest BCUT2D eigenvalue weighted by Gasteiger charge is 2.35. The lowest BCUT2D eigenvalue weighted by Crippen LogP contribution is -2.50. The zero-order valence-corrected chi connectivity index (χ0v) is 16.2. The molecule has 0 radical (unpaired) electrons. The average molecular weight is 433 g/mol. The largest absolute Gasteiger partial charge is 0.366 e. The highest BCUT2D eigenvalue weighted by atomic mass is 35.5. The van der Waals surface area contributed by atoms with E-state index in [1.807, 2.05) is 0 Å². The van der Waals surface area contributed by atoms with Crippen LogP contribution in [0.3, 0.4) is 0 Å². The van der Waals surface area contributed by atoms with Gasteiger partial charge in [-0.2, -0.15) is 4.31 Å². The van der Waals surface area contributed by atoms with E-state index in [4.69, 9.17) is 27.9 Å². The van der Waals surface area contributed by atoms with E-state index in [1.165, 1.54) is 18.2 Å². The number of morpholine rings is 1. The maximum atomic E-state index is 13.3. The molecule has 1 aliphatic rings. The molecule has 0 unspecified atom stereocenters. The summed E-state index contributed by atoms with van der Waals surface area (Å²) in [6.45, 7) is -0.0942. The van der Waals surface area contributed by atoms with E-state index < -0.39 is 27.9 Å². The van der Waals surface area contributed by atoms with Gasteiger partial charge in [-0.3, -0.25) is 4.79 Å². The highest BCUT2D eigenvalue weighted by molar-refractivity contribution is 7.89. The molecule has 1 heterocycles. The van der Waals surface area contributed by atoms with Crippen LogP contribution in [0, 0.1) is 5.82 Å². The Hall–Kier alpha value is -1.71. The molecule has 2 aromatic rings. The van der Waals surface area contributed by atoms with Gasteiger partial charge < -0.3 is 10.1 Å². The number of benzene rings is 2. The third-order valence-corrected chi connectivity index (χ3v) is 6.66. The number of carbonyl (C=O) groups excluding carboxylic acids is 1. The van der Waals surface area contributed by atoms with Crippen LogP contribution < -0.4 is 5.32 Å². The molecular formula is C17H15Cl2FN2O4S. The molecule has 0 bridgehead atoms. The van der Waals surface area contributed by atoms with E-state index in [-0.39, 0.29) is 40.3 Å². The van der Waals surface area contributed by atoms with Crippen molar-refractivity contribution in [3.05, 3.63) is 58.3 Å². The van der Waals surface area contributed by atoms with Gasteiger partial charge in [0.2, 0.25) is 10.0 Å². The monoisotopic (exact) mass is 432 g/mol. The van der Waals surface area contributed by atoms with Crippen LogP contribution in [0.2, 0.25) is 10.0 Å². The summed E-state index contributed by atoms with van der Waals surface area (Å²) in [5.41, 5.74) is 0.0800. The number of ether oxygens (including phenoxy) is 1. The first-order valence-electron chi connectivity index (χ1n) is 7.91. The molecule has 1 atom stereocenters. The van der Waals surface area contributed by atoms with E-state index in [9.17, 15) is 17.6 Å². The van der Waals surface area contributed by atoms with Crippen molar-refractivity contribution in [3.63, 3.8) is 0 Å². The first-order chi connectivity index (χ1) is 12.8. The van der Waals surface area contributed by atoms with Crippen LogP contribution in [-0.2, 0) is 19.6 Å². The number of carbonyl (C=O) groups is 1. The van der Waals surface area contributed by atoms with Crippen molar-refractivity contribution < 1.29 is 22.3 Å². The van der Waals surface area contributed by atoms with Gasteiger partial charge in [-0.1, -0.05) is 35.3 Å². The first kappa shape index (κ1) is 20.0. The number of rotatable bonds is 4. The molecule has 2 aromatic carbocycles. The Kier molecular flexibility index (Phi) is 6.02. The molecule has 1 amide bonds. The second-order valence-electron chi connectivity index (χ2n) is 5.77. The highest BCUT2D eigenvalue weighted by Crippen LogP contribution is 2.26. The molecule has 0 aromatic heterocycles. The summed E-state index contributed by atoms with van der Waals surface area (Å²) in [5.74, 6) is -1.19. The zero-order chi connectivity index (χ0) is 19.6. The summed E-state index contributed by atoms with van der Waals surface area (Å²) in [5, 5.41) is 2.71. The second kappa shape index (κ2) is 8.12. The molecule has 1 aliphatic heterocycles. The summed E-state index contributed by atoms with van der Waals surface area (Å²) in [6, 6.07) is 9.60. The first-order valence-corrected chi connectivity index (χ1v) is 10.1. The Morgan fingerprint density at radius 2 is 1.93 bits per heavy atom. The molecule has 3 rings (SSSR count). The van der Waals surface area contributed by atoms with E-state index in [0.29, 0.717) is 0 Å². The van der Waals surface area contributed by atoms with E-state index in [1.54, 1.807) is 12.1 Å². The van der Waals surface area contributed by atoms with Gasteiger partial charge in [-0.05, 0) is 30.3 Å². The minimum atomic E-state index is -3.89. The SMILES string of the molecule is O=C(Nc1cc(F)ccc1Cl)[C@@H]1CN(S(=O)(=O)c2ccccc2Cl)CCO1. The Bertz CT molecular complexity index is 971. The Labute approximate surface area is 165 Å². The van der Waals surface area contributed by atoms with Crippen molar-refractivity contribution in [2.45, 2.75) is 11.0 Å². The lowest BCUT2D eigenvalue weighted by molar-refractivity contribution is -0.130. The van der Waals surface area contributed by atoms with Gasteiger partial charge >= 0.3 is 0 Å². The lowest BCUT2D eigenvalue weighted by atomic mass is 10.2. The minimum absolute atomic E-state index is 0.0264. The molecule has 27 heavy (non-hydrogen) atoms. The molecule has 1 fully saturated rings. The molecular weight excluding hydrogens is 418 g/mol. The Morgan fingerprint density at radius 1 is 1.19 bits per heavy atom. The zero-order valence-electron chi connectivity index (χ0n) is 13.9. The molecule has 1 saturated heterocycles. The second-order valence-corrected chi connectivity index (χ2v) is 8.49. The third kappa shape index (κ3) is 4.41. The maximum absolute atomic E-state index is 13.3. The third-order valence-electron chi connectivity index (χ3n) is 3.96. The van der Waals surface area contributed by atoms with Crippen molar-refractivity contribution in [1.29, 1.82) is 0 Å². The summed E-state index contributed by atoms with van der Waals surface area (Å²) in [6.07, 6.45) is -1.07. The topological polar surface area (TPSA) is 75.7 Å². The number of anilines is 1. The predicted molar refractivity (Wildman–Crippen MR) is 100.0 cm³/mol. The standard InChI is InChI=1S/C17H15Cl2FN2O4S/c18-12-6-5-11(20)9-14(12)21-17(23)15-10-22(7-8-26-15)27(24,25)16-4-2-1-3-13(16)19/h1-6,9,15H,7-8,10H2,(H,21,23)/t15-/m0/s1. The minimum Gasteiger partial charge on any atom is -0.366 e. The Balaban J connectivity index is 1.77. The van der Waals surface area contributed by atoms with E-state index >= 15 is 0 Å². The maximum Gasteiger partial charge on any atom is 0.254 e. The van der Waals surface area contributed by atoms with Crippen LogP contribution in [0.5, 0.6) is 0 Å². The van der Waals surface area contributed by atoms with Gasteiger partial charge in [0.25, 0.3) is 5.91 Å². The number of nitrogens with one attached hydrogen (secondary N) is 1.